The predicted molar refractivity (Wildman–Crippen MR) is 104 cm³/mol. The van der Waals surface area contributed by atoms with Crippen molar-refractivity contribution in [3.05, 3.63) is 0 Å². The van der Waals surface area contributed by atoms with Crippen LogP contribution < -0.4 is 11.1 Å². The first kappa shape index (κ1) is 19.4. The Balaban J connectivity index is 1.45. The summed E-state index contributed by atoms with van der Waals surface area (Å²) >= 11 is 0. The van der Waals surface area contributed by atoms with Gasteiger partial charge in [0.05, 0.1) is 12.6 Å². The normalized spacial score (nSPS) is 46.3. The Hall–Kier alpha value is -0.940. The largest absolute Gasteiger partial charge is 0.357 e. The van der Waals surface area contributed by atoms with Gasteiger partial charge in [-0.2, -0.15) is 0 Å². The van der Waals surface area contributed by atoms with Crippen molar-refractivity contribution in [3.8, 4) is 0 Å². The van der Waals surface area contributed by atoms with Gasteiger partial charge in [-0.25, -0.2) is 0 Å². The third kappa shape index (κ3) is 3.15. The SMILES string of the molecule is C[C@]12CCC(=O)C[C@@H]1CC[C@@H]1[C@@H]2CC[C@]2(C)[C@@H](OCNC(=O)CN)CC[C@@H]12. The summed E-state index contributed by atoms with van der Waals surface area (Å²) in [5.41, 5.74) is 5.95. The van der Waals surface area contributed by atoms with Gasteiger partial charge in [-0.1, -0.05) is 13.8 Å². The second-order valence-electron chi connectivity index (χ2n) is 10.1. The zero-order chi connectivity index (χ0) is 19.2. The van der Waals surface area contributed by atoms with Crippen molar-refractivity contribution in [2.24, 2.45) is 40.2 Å². The lowest BCUT2D eigenvalue weighted by molar-refractivity contribution is -0.146. The molecule has 152 valence electrons. The average molecular weight is 377 g/mol. The van der Waals surface area contributed by atoms with Crippen molar-refractivity contribution in [2.75, 3.05) is 13.3 Å². The second kappa shape index (κ2) is 7.14. The molecule has 0 aromatic carbocycles. The van der Waals surface area contributed by atoms with Crippen molar-refractivity contribution in [1.82, 2.24) is 5.32 Å². The molecular weight excluding hydrogens is 340 g/mol. The quantitative estimate of drug-likeness (QED) is 0.739. The molecule has 0 spiro atoms. The lowest BCUT2D eigenvalue weighted by Gasteiger charge is -2.60. The van der Waals surface area contributed by atoms with E-state index in [1.165, 1.54) is 32.1 Å². The van der Waals surface area contributed by atoms with Crippen molar-refractivity contribution < 1.29 is 14.3 Å². The molecule has 0 aromatic heterocycles. The lowest BCUT2D eigenvalue weighted by atomic mass is 9.45. The number of ketones is 1. The van der Waals surface area contributed by atoms with Crippen LogP contribution in [0.1, 0.15) is 71.6 Å². The topological polar surface area (TPSA) is 81.4 Å². The number of rotatable bonds is 4. The number of fused-ring (bicyclic) bond motifs is 5. The highest BCUT2D eigenvalue weighted by Gasteiger charge is 2.60. The number of amides is 1. The van der Waals surface area contributed by atoms with Gasteiger partial charge in [0.15, 0.2) is 0 Å². The van der Waals surface area contributed by atoms with Crippen LogP contribution in [0.15, 0.2) is 0 Å². The maximum Gasteiger partial charge on any atom is 0.235 e. The number of ether oxygens (including phenoxy) is 1. The Labute approximate surface area is 163 Å². The Morgan fingerprint density at radius 2 is 1.89 bits per heavy atom. The summed E-state index contributed by atoms with van der Waals surface area (Å²) in [5, 5.41) is 2.76. The fourth-order valence-electron chi connectivity index (χ4n) is 7.57. The van der Waals surface area contributed by atoms with Gasteiger partial charge in [0.2, 0.25) is 5.91 Å². The van der Waals surface area contributed by atoms with Crippen LogP contribution in [-0.2, 0) is 14.3 Å². The summed E-state index contributed by atoms with van der Waals surface area (Å²) in [6.45, 7) is 5.21. The monoisotopic (exact) mass is 376 g/mol. The fraction of sp³-hybridized carbons (Fsp3) is 0.909. The van der Waals surface area contributed by atoms with Crippen LogP contribution in [0.25, 0.3) is 0 Å². The van der Waals surface area contributed by atoms with Crippen LogP contribution in [0.4, 0.5) is 0 Å². The van der Waals surface area contributed by atoms with Gasteiger partial charge < -0.3 is 15.8 Å². The number of hydrogen-bond donors (Lipinski definition) is 2. The van der Waals surface area contributed by atoms with Crippen molar-refractivity contribution in [3.63, 3.8) is 0 Å². The molecule has 27 heavy (non-hydrogen) atoms. The molecule has 4 aliphatic carbocycles. The summed E-state index contributed by atoms with van der Waals surface area (Å²) in [6.07, 6.45) is 10.3. The second-order valence-corrected chi connectivity index (χ2v) is 10.1. The van der Waals surface area contributed by atoms with E-state index in [0.717, 1.165) is 43.4 Å². The minimum Gasteiger partial charge on any atom is -0.357 e. The van der Waals surface area contributed by atoms with E-state index in [-0.39, 0.29) is 30.7 Å². The van der Waals surface area contributed by atoms with Gasteiger partial charge in [0, 0.05) is 12.8 Å². The van der Waals surface area contributed by atoms with E-state index in [2.05, 4.69) is 19.2 Å². The first-order valence-corrected chi connectivity index (χ1v) is 11.0. The molecule has 1 amide bonds. The smallest absolute Gasteiger partial charge is 0.235 e. The highest BCUT2D eigenvalue weighted by atomic mass is 16.5. The summed E-state index contributed by atoms with van der Waals surface area (Å²) in [6, 6.07) is 0. The molecule has 5 heteroatoms. The predicted octanol–water partition coefficient (Wildman–Crippen LogP) is 3.02. The number of nitrogens with two attached hydrogens (primary N) is 1. The third-order valence-electron chi connectivity index (χ3n) is 9.13. The molecule has 0 saturated heterocycles. The Morgan fingerprint density at radius 3 is 2.67 bits per heavy atom. The van der Waals surface area contributed by atoms with Crippen LogP contribution in [0, 0.1) is 34.5 Å². The summed E-state index contributed by atoms with van der Waals surface area (Å²) in [7, 11) is 0. The number of Topliss-reactive ketones (excluding diaryl/α,β-unsaturated/α-hetero) is 1. The number of carbonyl (C=O) groups is 2. The van der Waals surface area contributed by atoms with E-state index in [1.807, 2.05) is 0 Å². The standard InChI is InChI=1S/C22H36N2O3/c1-21-9-7-15(25)11-14(21)3-4-16-17-5-6-19(27-13-24-20(26)12-23)22(17,2)10-8-18(16)21/h14,16-19H,3-13,23H2,1-2H3,(H,24,26)/t14-,16-,17-,18-,19-,21-,22-/m0/s1. The molecule has 4 rings (SSSR count). The van der Waals surface area contributed by atoms with E-state index < -0.39 is 0 Å². The highest BCUT2D eigenvalue weighted by molar-refractivity contribution is 5.79. The third-order valence-corrected chi connectivity index (χ3v) is 9.13. The maximum atomic E-state index is 12.0. The van der Waals surface area contributed by atoms with Gasteiger partial charge in [-0.3, -0.25) is 9.59 Å². The molecule has 0 aromatic rings. The Bertz CT molecular complexity index is 608. The first-order chi connectivity index (χ1) is 12.9. The summed E-state index contributed by atoms with van der Waals surface area (Å²) in [5.74, 6) is 3.23. The molecule has 3 N–H and O–H groups in total. The highest BCUT2D eigenvalue weighted by Crippen LogP contribution is 2.66. The molecule has 4 aliphatic rings. The zero-order valence-electron chi connectivity index (χ0n) is 17.0. The van der Waals surface area contributed by atoms with Crippen molar-refractivity contribution in [1.29, 1.82) is 0 Å². The Kier molecular flexibility index (Phi) is 5.13. The summed E-state index contributed by atoms with van der Waals surface area (Å²) in [4.78, 5) is 23.4. The molecule has 0 unspecified atom stereocenters. The molecule has 4 saturated carbocycles. The zero-order valence-corrected chi connectivity index (χ0v) is 17.0. The van der Waals surface area contributed by atoms with Crippen LogP contribution in [0.2, 0.25) is 0 Å². The van der Waals surface area contributed by atoms with Crippen LogP contribution in [0.3, 0.4) is 0 Å². The van der Waals surface area contributed by atoms with Crippen molar-refractivity contribution in [2.45, 2.75) is 77.7 Å². The van der Waals surface area contributed by atoms with Crippen LogP contribution in [-0.4, -0.2) is 31.1 Å². The Morgan fingerprint density at radius 1 is 1.11 bits per heavy atom. The minimum atomic E-state index is -0.156. The van der Waals surface area contributed by atoms with E-state index in [9.17, 15) is 9.59 Å². The van der Waals surface area contributed by atoms with Crippen LogP contribution in [0.5, 0.6) is 0 Å². The molecule has 0 heterocycles. The fourth-order valence-corrected chi connectivity index (χ4v) is 7.57. The van der Waals surface area contributed by atoms with E-state index in [4.69, 9.17) is 10.5 Å². The number of hydrogen-bond acceptors (Lipinski definition) is 4. The molecule has 4 fully saturated rings. The molecule has 0 bridgehead atoms. The maximum absolute atomic E-state index is 12.0. The van der Waals surface area contributed by atoms with Crippen LogP contribution >= 0.6 is 0 Å². The van der Waals surface area contributed by atoms with Gasteiger partial charge in [-0.15, -0.1) is 0 Å². The molecule has 0 aliphatic heterocycles. The van der Waals surface area contributed by atoms with Gasteiger partial charge in [0.1, 0.15) is 12.5 Å². The van der Waals surface area contributed by atoms with Gasteiger partial charge >= 0.3 is 0 Å². The van der Waals surface area contributed by atoms with Gasteiger partial charge in [0.25, 0.3) is 0 Å². The van der Waals surface area contributed by atoms with E-state index in [1.54, 1.807) is 0 Å². The number of carbonyl (C=O) groups excluding carboxylic acids is 2. The molecule has 7 atom stereocenters. The van der Waals surface area contributed by atoms with E-state index >= 15 is 0 Å². The van der Waals surface area contributed by atoms with Gasteiger partial charge in [-0.05, 0) is 79.4 Å². The lowest BCUT2D eigenvalue weighted by Crippen LogP contribution is -2.54. The molecule has 0 radical (unpaired) electrons. The summed E-state index contributed by atoms with van der Waals surface area (Å²) < 4.78 is 6.14. The van der Waals surface area contributed by atoms with E-state index in [0.29, 0.717) is 17.1 Å². The first-order valence-electron chi connectivity index (χ1n) is 11.0. The molecule has 5 nitrogen and oxygen atoms in total. The molecular formula is C22H36N2O3. The van der Waals surface area contributed by atoms with Crippen molar-refractivity contribution >= 4 is 11.7 Å². The number of nitrogens with one attached hydrogen (secondary N) is 1. The average Bonchev–Trinajstić information content (AvgIpc) is 2.99. The minimum absolute atomic E-state index is 0.0138.